The highest BCUT2D eigenvalue weighted by molar-refractivity contribution is 6.30. The predicted octanol–water partition coefficient (Wildman–Crippen LogP) is 4.79. The fourth-order valence-corrected chi connectivity index (χ4v) is 3.86. The Bertz CT molecular complexity index is 976. The van der Waals surface area contributed by atoms with Crippen LogP contribution in [0.4, 0.5) is 8.78 Å². The van der Waals surface area contributed by atoms with Gasteiger partial charge in [0.15, 0.2) is 0 Å². The van der Waals surface area contributed by atoms with Gasteiger partial charge in [-0.2, -0.15) is 0 Å². The van der Waals surface area contributed by atoms with Crippen LogP contribution in [0.2, 0.25) is 5.02 Å². The van der Waals surface area contributed by atoms with Crippen LogP contribution in [0.25, 0.3) is 16.9 Å². The lowest BCUT2D eigenvalue weighted by molar-refractivity contribution is 0.233. The van der Waals surface area contributed by atoms with Crippen molar-refractivity contribution in [3.05, 3.63) is 76.4 Å². The van der Waals surface area contributed by atoms with E-state index in [0.29, 0.717) is 10.7 Å². The fourth-order valence-electron chi connectivity index (χ4n) is 3.73. The SMILES string of the molecule is Cc1c(CN2CCNCC2)cc(-c2ccc(Cl)cc2)n1-c1ccc(F)cc1F. The van der Waals surface area contributed by atoms with Crippen molar-refractivity contribution in [2.75, 3.05) is 26.2 Å². The molecular formula is C22H22ClF2N3. The van der Waals surface area contributed by atoms with Gasteiger partial charge in [-0.15, -0.1) is 0 Å². The van der Waals surface area contributed by atoms with Crippen LogP contribution in [0.15, 0.2) is 48.5 Å². The largest absolute Gasteiger partial charge is 0.314 e. The maximum absolute atomic E-state index is 14.6. The van der Waals surface area contributed by atoms with Gasteiger partial charge >= 0.3 is 0 Å². The van der Waals surface area contributed by atoms with E-state index in [0.717, 1.165) is 61.3 Å². The molecule has 0 unspecified atom stereocenters. The topological polar surface area (TPSA) is 20.2 Å². The summed E-state index contributed by atoms with van der Waals surface area (Å²) >= 11 is 6.04. The molecule has 1 aliphatic rings. The summed E-state index contributed by atoms with van der Waals surface area (Å²) in [5.41, 5.74) is 4.23. The lowest BCUT2D eigenvalue weighted by Gasteiger charge is -2.27. The minimum absolute atomic E-state index is 0.343. The maximum Gasteiger partial charge on any atom is 0.150 e. The fraction of sp³-hybridized carbons (Fsp3) is 0.273. The van der Waals surface area contributed by atoms with Crippen LogP contribution in [0.3, 0.4) is 0 Å². The number of aromatic nitrogens is 1. The van der Waals surface area contributed by atoms with E-state index in [1.165, 1.54) is 12.1 Å². The van der Waals surface area contributed by atoms with Crippen LogP contribution in [0.5, 0.6) is 0 Å². The molecule has 2 aromatic carbocycles. The first-order valence-electron chi connectivity index (χ1n) is 9.38. The molecule has 0 radical (unpaired) electrons. The number of rotatable bonds is 4. The van der Waals surface area contributed by atoms with Crippen LogP contribution >= 0.6 is 11.6 Å². The molecule has 3 aromatic rings. The van der Waals surface area contributed by atoms with Gasteiger partial charge in [-0.1, -0.05) is 23.7 Å². The van der Waals surface area contributed by atoms with E-state index in [4.69, 9.17) is 11.6 Å². The molecule has 1 saturated heterocycles. The Balaban J connectivity index is 1.82. The summed E-state index contributed by atoms with van der Waals surface area (Å²) < 4.78 is 30.0. The van der Waals surface area contributed by atoms with Crippen LogP contribution in [-0.4, -0.2) is 35.6 Å². The van der Waals surface area contributed by atoms with E-state index in [9.17, 15) is 8.78 Å². The zero-order chi connectivity index (χ0) is 19.7. The Kier molecular flexibility index (Phi) is 5.49. The van der Waals surface area contributed by atoms with E-state index in [-0.39, 0.29) is 0 Å². The van der Waals surface area contributed by atoms with Crippen molar-refractivity contribution < 1.29 is 8.78 Å². The summed E-state index contributed by atoms with van der Waals surface area (Å²) in [6.07, 6.45) is 0. The van der Waals surface area contributed by atoms with Gasteiger partial charge < -0.3 is 9.88 Å². The summed E-state index contributed by atoms with van der Waals surface area (Å²) in [7, 11) is 0. The molecule has 0 saturated carbocycles. The molecule has 2 heterocycles. The number of nitrogens with one attached hydrogen (secondary N) is 1. The second-order valence-electron chi connectivity index (χ2n) is 7.10. The number of hydrogen-bond donors (Lipinski definition) is 1. The second kappa shape index (κ2) is 8.03. The minimum atomic E-state index is -0.583. The van der Waals surface area contributed by atoms with Crippen molar-refractivity contribution in [1.29, 1.82) is 0 Å². The average molecular weight is 402 g/mol. The van der Waals surface area contributed by atoms with Gasteiger partial charge in [-0.05, 0) is 48.4 Å². The number of hydrogen-bond acceptors (Lipinski definition) is 2. The average Bonchev–Trinajstić information content (AvgIpc) is 3.00. The van der Waals surface area contributed by atoms with E-state index in [1.54, 1.807) is 0 Å². The summed E-state index contributed by atoms with van der Waals surface area (Å²) in [6, 6.07) is 13.3. The van der Waals surface area contributed by atoms with E-state index < -0.39 is 11.6 Å². The zero-order valence-corrected chi connectivity index (χ0v) is 16.4. The van der Waals surface area contributed by atoms with Crippen molar-refractivity contribution in [3.63, 3.8) is 0 Å². The van der Waals surface area contributed by atoms with E-state index in [2.05, 4.69) is 16.3 Å². The molecule has 4 rings (SSSR count). The van der Waals surface area contributed by atoms with Gasteiger partial charge in [0.2, 0.25) is 0 Å². The van der Waals surface area contributed by atoms with E-state index in [1.807, 2.05) is 35.8 Å². The molecule has 28 heavy (non-hydrogen) atoms. The molecule has 1 N–H and O–H groups in total. The Hall–Kier alpha value is -2.21. The Morgan fingerprint density at radius 1 is 1.00 bits per heavy atom. The summed E-state index contributed by atoms with van der Waals surface area (Å²) in [5, 5.41) is 4.00. The van der Waals surface area contributed by atoms with Gasteiger partial charge in [-0.3, -0.25) is 4.90 Å². The van der Waals surface area contributed by atoms with Crippen molar-refractivity contribution in [2.45, 2.75) is 13.5 Å². The molecule has 3 nitrogen and oxygen atoms in total. The molecule has 0 aliphatic carbocycles. The second-order valence-corrected chi connectivity index (χ2v) is 7.54. The molecule has 0 amide bonds. The molecule has 1 aliphatic heterocycles. The lowest BCUT2D eigenvalue weighted by Crippen LogP contribution is -2.42. The van der Waals surface area contributed by atoms with Crippen molar-refractivity contribution in [2.24, 2.45) is 0 Å². The highest BCUT2D eigenvalue weighted by atomic mass is 35.5. The number of halogens is 3. The standard InChI is InChI=1S/C22H22ClF2N3/c1-15-17(14-27-10-8-26-9-11-27)12-22(16-2-4-18(23)5-3-16)28(15)21-7-6-19(24)13-20(21)25/h2-7,12-13,26H,8-11,14H2,1H3. The van der Waals surface area contributed by atoms with Crippen molar-refractivity contribution in [1.82, 2.24) is 14.8 Å². The zero-order valence-electron chi connectivity index (χ0n) is 15.7. The smallest absolute Gasteiger partial charge is 0.150 e. The molecule has 0 atom stereocenters. The first kappa shape index (κ1) is 19.1. The predicted molar refractivity (Wildman–Crippen MR) is 109 cm³/mol. The highest BCUT2D eigenvalue weighted by Crippen LogP contribution is 2.32. The maximum atomic E-state index is 14.6. The Labute approximate surface area is 168 Å². The third kappa shape index (κ3) is 3.83. The lowest BCUT2D eigenvalue weighted by atomic mass is 10.1. The van der Waals surface area contributed by atoms with Gasteiger partial charge in [0.1, 0.15) is 11.6 Å². The quantitative estimate of drug-likeness (QED) is 0.678. The molecular weight excluding hydrogens is 380 g/mol. The first-order valence-corrected chi connectivity index (χ1v) is 9.76. The van der Waals surface area contributed by atoms with Crippen LogP contribution in [0, 0.1) is 18.6 Å². The Morgan fingerprint density at radius 2 is 1.71 bits per heavy atom. The normalized spacial score (nSPS) is 15.1. The molecule has 6 heteroatoms. The van der Waals surface area contributed by atoms with Crippen molar-refractivity contribution >= 4 is 11.6 Å². The number of benzene rings is 2. The van der Waals surface area contributed by atoms with Gasteiger partial charge in [0, 0.05) is 49.5 Å². The minimum Gasteiger partial charge on any atom is -0.314 e. The monoisotopic (exact) mass is 401 g/mol. The molecule has 0 bridgehead atoms. The van der Waals surface area contributed by atoms with Gasteiger partial charge in [0.05, 0.1) is 11.4 Å². The third-order valence-corrected chi connectivity index (χ3v) is 5.50. The number of piperazine rings is 1. The Morgan fingerprint density at radius 3 is 2.39 bits per heavy atom. The molecule has 1 aromatic heterocycles. The third-order valence-electron chi connectivity index (χ3n) is 5.25. The first-order chi connectivity index (χ1) is 13.5. The summed E-state index contributed by atoms with van der Waals surface area (Å²) in [4.78, 5) is 2.38. The summed E-state index contributed by atoms with van der Waals surface area (Å²) in [6.45, 7) is 6.67. The molecule has 0 spiro atoms. The number of nitrogens with zero attached hydrogens (tertiary/aromatic N) is 2. The van der Waals surface area contributed by atoms with Crippen LogP contribution in [-0.2, 0) is 6.54 Å². The van der Waals surface area contributed by atoms with Gasteiger partial charge in [-0.25, -0.2) is 8.78 Å². The van der Waals surface area contributed by atoms with Crippen LogP contribution in [0.1, 0.15) is 11.3 Å². The van der Waals surface area contributed by atoms with Crippen LogP contribution < -0.4 is 5.32 Å². The van der Waals surface area contributed by atoms with Gasteiger partial charge in [0.25, 0.3) is 0 Å². The van der Waals surface area contributed by atoms with E-state index >= 15 is 0 Å². The molecule has 1 fully saturated rings. The highest BCUT2D eigenvalue weighted by Gasteiger charge is 2.20. The molecule has 146 valence electrons. The van der Waals surface area contributed by atoms with Crippen molar-refractivity contribution in [3.8, 4) is 16.9 Å². The summed E-state index contributed by atoms with van der Waals surface area (Å²) in [5.74, 6) is -1.16.